The summed E-state index contributed by atoms with van der Waals surface area (Å²) in [5.41, 5.74) is -0.149. The molecule has 1 heterocycles. The average Bonchev–Trinajstić information content (AvgIpc) is 2.65. The summed E-state index contributed by atoms with van der Waals surface area (Å²) in [5.74, 6) is 0. The van der Waals surface area contributed by atoms with Gasteiger partial charge in [-0.3, -0.25) is 0 Å². The molecule has 0 radical (unpaired) electrons. The Morgan fingerprint density at radius 2 is 2.07 bits per heavy atom. The maximum absolute atomic E-state index is 9.50. The van der Waals surface area contributed by atoms with Gasteiger partial charge in [0.2, 0.25) is 5.13 Å². The second kappa shape index (κ2) is 4.45. The summed E-state index contributed by atoms with van der Waals surface area (Å²) in [6.45, 7) is 2.13. The second-order valence-corrected chi connectivity index (χ2v) is 5.43. The molecule has 84 valence electrons. The van der Waals surface area contributed by atoms with Crippen molar-refractivity contribution in [2.75, 3.05) is 11.9 Å². The van der Waals surface area contributed by atoms with Crippen LogP contribution in [0.3, 0.4) is 0 Å². The summed E-state index contributed by atoms with van der Waals surface area (Å²) in [5, 5.41) is 22.7. The van der Waals surface area contributed by atoms with Crippen molar-refractivity contribution < 1.29 is 5.11 Å². The van der Waals surface area contributed by atoms with E-state index in [2.05, 4.69) is 15.5 Å². The van der Waals surface area contributed by atoms with E-state index in [0.29, 0.717) is 0 Å². The zero-order chi connectivity index (χ0) is 10.7. The standard InChI is InChI=1S/C10H17N3OS/c1-8-12-13-9(15-8)11-10(7-14)5-3-2-4-6-10/h14H,2-7H2,1H3,(H,11,13). The van der Waals surface area contributed by atoms with Crippen LogP contribution < -0.4 is 5.32 Å². The van der Waals surface area contributed by atoms with Crippen molar-refractivity contribution in [2.24, 2.45) is 0 Å². The van der Waals surface area contributed by atoms with E-state index in [1.807, 2.05) is 6.92 Å². The Balaban J connectivity index is 2.06. The number of hydrogen-bond acceptors (Lipinski definition) is 5. The van der Waals surface area contributed by atoms with E-state index in [0.717, 1.165) is 23.0 Å². The third-order valence-electron chi connectivity index (χ3n) is 3.01. The van der Waals surface area contributed by atoms with Crippen LogP contribution in [0.5, 0.6) is 0 Å². The Hall–Kier alpha value is -0.680. The molecule has 0 bridgehead atoms. The van der Waals surface area contributed by atoms with E-state index in [4.69, 9.17) is 0 Å². The Morgan fingerprint density at radius 3 is 2.60 bits per heavy atom. The fourth-order valence-electron chi connectivity index (χ4n) is 2.13. The minimum atomic E-state index is -0.149. The lowest BCUT2D eigenvalue weighted by molar-refractivity contribution is 0.173. The molecule has 1 aliphatic carbocycles. The van der Waals surface area contributed by atoms with Gasteiger partial charge in [-0.25, -0.2) is 0 Å². The maximum Gasteiger partial charge on any atom is 0.206 e. The summed E-state index contributed by atoms with van der Waals surface area (Å²) in [4.78, 5) is 0. The molecule has 0 aromatic carbocycles. The van der Waals surface area contributed by atoms with Gasteiger partial charge in [0.1, 0.15) is 5.01 Å². The largest absolute Gasteiger partial charge is 0.394 e. The Labute approximate surface area is 93.7 Å². The molecule has 5 heteroatoms. The zero-order valence-electron chi connectivity index (χ0n) is 8.99. The number of aliphatic hydroxyl groups is 1. The van der Waals surface area contributed by atoms with Crippen LogP contribution in [0.1, 0.15) is 37.1 Å². The van der Waals surface area contributed by atoms with Crippen LogP contribution >= 0.6 is 11.3 Å². The number of rotatable bonds is 3. The van der Waals surface area contributed by atoms with Gasteiger partial charge in [-0.15, -0.1) is 10.2 Å². The summed E-state index contributed by atoms with van der Waals surface area (Å²) in [7, 11) is 0. The van der Waals surface area contributed by atoms with Crippen molar-refractivity contribution in [3.63, 3.8) is 0 Å². The van der Waals surface area contributed by atoms with E-state index >= 15 is 0 Å². The first-order chi connectivity index (χ1) is 7.24. The molecule has 15 heavy (non-hydrogen) atoms. The number of hydrogen-bond donors (Lipinski definition) is 2. The highest BCUT2D eigenvalue weighted by Gasteiger charge is 2.31. The normalized spacial score (nSPS) is 20.1. The smallest absolute Gasteiger partial charge is 0.206 e. The summed E-state index contributed by atoms with van der Waals surface area (Å²) in [6, 6.07) is 0. The molecule has 4 nitrogen and oxygen atoms in total. The first-order valence-corrected chi connectivity index (χ1v) is 6.25. The molecule has 1 saturated carbocycles. The number of aliphatic hydroxyl groups excluding tert-OH is 1. The molecule has 0 aliphatic heterocycles. The number of nitrogens with zero attached hydrogens (tertiary/aromatic N) is 2. The summed E-state index contributed by atoms with van der Waals surface area (Å²) < 4.78 is 0. The van der Waals surface area contributed by atoms with Gasteiger partial charge in [0.25, 0.3) is 0 Å². The van der Waals surface area contributed by atoms with Gasteiger partial charge in [0, 0.05) is 0 Å². The molecular weight excluding hydrogens is 210 g/mol. The van der Waals surface area contributed by atoms with Gasteiger partial charge in [-0.1, -0.05) is 30.6 Å². The van der Waals surface area contributed by atoms with Crippen LogP contribution in [0.4, 0.5) is 5.13 Å². The lowest BCUT2D eigenvalue weighted by Gasteiger charge is -2.36. The van der Waals surface area contributed by atoms with E-state index < -0.39 is 0 Å². The molecule has 1 fully saturated rings. The quantitative estimate of drug-likeness (QED) is 0.828. The highest BCUT2D eigenvalue weighted by atomic mass is 32.1. The molecule has 0 spiro atoms. The van der Waals surface area contributed by atoms with Crippen LogP contribution in [-0.2, 0) is 0 Å². The number of nitrogens with one attached hydrogen (secondary N) is 1. The highest BCUT2D eigenvalue weighted by molar-refractivity contribution is 7.15. The van der Waals surface area contributed by atoms with Crippen LogP contribution in [-0.4, -0.2) is 27.4 Å². The maximum atomic E-state index is 9.50. The number of anilines is 1. The minimum Gasteiger partial charge on any atom is -0.394 e. The van der Waals surface area contributed by atoms with Crippen molar-refractivity contribution in [3.05, 3.63) is 5.01 Å². The van der Waals surface area contributed by atoms with E-state index in [1.54, 1.807) is 11.3 Å². The van der Waals surface area contributed by atoms with Crippen molar-refractivity contribution in [1.82, 2.24) is 10.2 Å². The number of aromatic nitrogens is 2. The molecule has 0 saturated heterocycles. The van der Waals surface area contributed by atoms with Gasteiger partial charge in [-0.2, -0.15) is 0 Å². The Kier molecular flexibility index (Phi) is 3.21. The van der Waals surface area contributed by atoms with Gasteiger partial charge >= 0.3 is 0 Å². The molecule has 0 unspecified atom stereocenters. The molecule has 0 amide bonds. The third kappa shape index (κ3) is 2.46. The van der Waals surface area contributed by atoms with Gasteiger partial charge < -0.3 is 10.4 Å². The first kappa shape index (κ1) is 10.8. The Bertz CT molecular complexity index is 320. The minimum absolute atomic E-state index is 0.149. The van der Waals surface area contributed by atoms with Crippen molar-refractivity contribution in [2.45, 2.75) is 44.6 Å². The van der Waals surface area contributed by atoms with E-state index in [9.17, 15) is 5.11 Å². The SMILES string of the molecule is Cc1nnc(NC2(CO)CCCCC2)s1. The molecule has 1 aliphatic rings. The Morgan fingerprint density at radius 1 is 1.33 bits per heavy atom. The highest BCUT2D eigenvalue weighted by Crippen LogP contribution is 2.32. The summed E-state index contributed by atoms with van der Waals surface area (Å²) >= 11 is 1.55. The van der Waals surface area contributed by atoms with Crippen LogP contribution in [0.15, 0.2) is 0 Å². The molecule has 0 atom stereocenters. The van der Waals surface area contributed by atoms with Crippen LogP contribution in [0, 0.1) is 6.92 Å². The summed E-state index contributed by atoms with van der Waals surface area (Å²) in [6.07, 6.45) is 5.71. The fraction of sp³-hybridized carbons (Fsp3) is 0.800. The molecular formula is C10H17N3OS. The van der Waals surface area contributed by atoms with Crippen LogP contribution in [0.25, 0.3) is 0 Å². The average molecular weight is 227 g/mol. The zero-order valence-corrected chi connectivity index (χ0v) is 9.81. The predicted molar refractivity (Wildman–Crippen MR) is 61.2 cm³/mol. The van der Waals surface area contributed by atoms with Crippen LogP contribution in [0.2, 0.25) is 0 Å². The molecule has 2 N–H and O–H groups in total. The van der Waals surface area contributed by atoms with E-state index in [-0.39, 0.29) is 12.1 Å². The van der Waals surface area contributed by atoms with Crippen molar-refractivity contribution >= 4 is 16.5 Å². The lowest BCUT2D eigenvalue weighted by Crippen LogP contribution is -2.43. The topological polar surface area (TPSA) is 58.0 Å². The fourth-order valence-corrected chi connectivity index (χ4v) is 2.84. The first-order valence-electron chi connectivity index (χ1n) is 5.43. The number of aryl methyl sites for hydroxylation is 1. The van der Waals surface area contributed by atoms with E-state index in [1.165, 1.54) is 19.3 Å². The molecule has 1 aromatic rings. The lowest BCUT2D eigenvalue weighted by atomic mass is 9.82. The van der Waals surface area contributed by atoms with Crippen molar-refractivity contribution in [1.29, 1.82) is 0 Å². The molecule has 2 rings (SSSR count). The monoisotopic (exact) mass is 227 g/mol. The third-order valence-corrected chi connectivity index (χ3v) is 3.77. The van der Waals surface area contributed by atoms with Gasteiger partial charge in [0.05, 0.1) is 12.1 Å². The van der Waals surface area contributed by atoms with Crippen molar-refractivity contribution in [3.8, 4) is 0 Å². The predicted octanol–water partition coefficient (Wildman–Crippen LogP) is 1.95. The van der Waals surface area contributed by atoms with Gasteiger partial charge in [0.15, 0.2) is 0 Å². The second-order valence-electron chi connectivity index (χ2n) is 4.25. The van der Waals surface area contributed by atoms with Gasteiger partial charge in [-0.05, 0) is 19.8 Å². The molecule has 1 aromatic heterocycles.